The molecule has 2 aromatic rings. The molecule has 0 radical (unpaired) electrons. The van der Waals surface area contributed by atoms with Crippen molar-refractivity contribution in [2.45, 2.75) is 33.8 Å². The summed E-state index contributed by atoms with van der Waals surface area (Å²) >= 11 is 0. The first-order valence-corrected chi connectivity index (χ1v) is 7.77. The van der Waals surface area contributed by atoms with Crippen LogP contribution in [0.4, 0.5) is 5.69 Å². The number of hydrogen-bond acceptors (Lipinski definition) is 3. The molecule has 0 saturated carbocycles. The number of carbonyl (C=O) groups is 1. The van der Waals surface area contributed by atoms with Crippen LogP contribution in [0.5, 0.6) is 11.5 Å². The predicted molar refractivity (Wildman–Crippen MR) is 92.2 cm³/mol. The van der Waals surface area contributed by atoms with Gasteiger partial charge in [-0.25, -0.2) is 0 Å². The molecule has 4 heteroatoms. The first-order chi connectivity index (χ1) is 11.0. The van der Waals surface area contributed by atoms with Crippen LogP contribution >= 0.6 is 0 Å². The summed E-state index contributed by atoms with van der Waals surface area (Å²) in [6, 6.07) is 13.3. The monoisotopic (exact) mass is 313 g/mol. The maximum atomic E-state index is 12.4. The quantitative estimate of drug-likeness (QED) is 0.873. The lowest BCUT2D eigenvalue weighted by Crippen LogP contribution is -2.30. The van der Waals surface area contributed by atoms with E-state index >= 15 is 0 Å². The molecule has 1 amide bonds. The molecule has 0 aliphatic rings. The van der Waals surface area contributed by atoms with Crippen LogP contribution in [-0.2, 0) is 4.79 Å². The minimum atomic E-state index is -0.606. The molecule has 122 valence electrons. The SMILES string of the molecule is CCOc1ccccc1NC(=O)C(C)Oc1cc(C)cc(C)c1. The van der Waals surface area contributed by atoms with Crippen LogP contribution in [0.15, 0.2) is 42.5 Å². The van der Waals surface area contributed by atoms with E-state index in [2.05, 4.69) is 11.4 Å². The third-order valence-electron chi connectivity index (χ3n) is 3.32. The van der Waals surface area contributed by atoms with Crippen molar-refractivity contribution in [3.63, 3.8) is 0 Å². The van der Waals surface area contributed by atoms with Gasteiger partial charge < -0.3 is 14.8 Å². The lowest BCUT2D eigenvalue weighted by atomic mass is 10.1. The molecule has 23 heavy (non-hydrogen) atoms. The zero-order chi connectivity index (χ0) is 16.8. The summed E-state index contributed by atoms with van der Waals surface area (Å²) in [6.07, 6.45) is -0.606. The summed E-state index contributed by atoms with van der Waals surface area (Å²) in [4.78, 5) is 12.4. The Morgan fingerprint density at radius 1 is 1.13 bits per heavy atom. The normalized spacial score (nSPS) is 11.7. The van der Waals surface area contributed by atoms with Crippen LogP contribution < -0.4 is 14.8 Å². The minimum Gasteiger partial charge on any atom is -0.492 e. The molecule has 1 atom stereocenters. The van der Waals surface area contributed by atoms with Crippen molar-refractivity contribution < 1.29 is 14.3 Å². The number of hydrogen-bond donors (Lipinski definition) is 1. The zero-order valence-corrected chi connectivity index (χ0v) is 14.1. The fourth-order valence-corrected chi connectivity index (χ4v) is 2.34. The summed E-state index contributed by atoms with van der Waals surface area (Å²) in [6.45, 7) is 8.19. The van der Waals surface area contributed by atoms with E-state index in [-0.39, 0.29) is 5.91 Å². The Labute approximate surface area is 137 Å². The first-order valence-electron chi connectivity index (χ1n) is 7.77. The zero-order valence-electron chi connectivity index (χ0n) is 14.1. The van der Waals surface area contributed by atoms with Gasteiger partial charge in [0, 0.05) is 0 Å². The van der Waals surface area contributed by atoms with Crippen molar-refractivity contribution in [2.24, 2.45) is 0 Å². The summed E-state index contributed by atoms with van der Waals surface area (Å²) in [5.41, 5.74) is 2.86. The van der Waals surface area contributed by atoms with E-state index in [9.17, 15) is 4.79 Å². The van der Waals surface area contributed by atoms with E-state index in [1.54, 1.807) is 6.92 Å². The van der Waals surface area contributed by atoms with Crippen molar-refractivity contribution in [1.82, 2.24) is 0 Å². The van der Waals surface area contributed by atoms with Crippen LogP contribution in [0.3, 0.4) is 0 Å². The number of anilines is 1. The number of aryl methyl sites for hydroxylation is 2. The summed E-state index contributed by atoms with van der Waals surface area (Å²) < 4.78 is 11.3. The number of nitrogens with one attached hydrogen (secondary N) is 1. The smallest absolute Gasteiger partial charge is 0.265 e. The van der Waals surface area contributed by atoms with Gasteiger partial charge in [0.05, 0.1) is 12.3 Å². The van der Waals surface area contributed by atoms with Crippen LogP contribution in [0, 0.1) is 13.8 Å². The highest BCUT2D eigenvalue weighted by atomic mass is 16.5. The Morgan fingerprint density at radius 3 is 2.43 bits per heavy atom. The summed E-state index contributed by atoms with van der Waals surface area (Å²) in [7, 11) is 0. The second-order valence-corrected chi connectivity index (χ2v) is 5.50. The minimum absolute atomic E-state index is 0.212. The fourth-order valence-electron chi connectivity index (χ4n) is 2.34. The second-order valence-electron chi connectivity index (χ2n) is 5.50. The number of para-hydroxylation sites is 2. The molecule has 1 unspecified atom stereocenters. The molecule has 0 fully saturated rings. The standard InChI is InChI=1S/C19H23NO3/c1-5-22-18-9-7-6-8-17(18)20-19(21)15(4)23-16-11-13(2)10-14(3)12-16/h6-12,15H,5H2,1-4H3,(H,20,21). The lowest BCUT2D eigenvalue weighted by molar-refractivity contribution is -0.122. The number of carbonyl (C=O) groups excluding carboxylic acids is 1. The number of benzene rings is 2. The first kappa shape index (κ1) is 16.9. The van der Waals surface area contributed by atoms with Gasteiger partial charge in [0.25, 0.3) is 5.91 Å². The Balaban J connectivity index is 2.05. The van der Waals surface area contributed by atoms with Crippen molar-refractivity contribution in [2.75, 3.05) is 11.9 Å². The van der Waals surface area contributed by atoms with Gasteiger partial charge in [0.15, 0.2) is 6.10 Å². The Kier molecular flexibility index (Phi) is 5.63. The molecule has 0 heterocycles. The molecule has 2 aromatic carbocycles. The van der Waals surface area contributed by atoms with Gasteiger partial charge in [-0.1, -0.05) is 18.2 Å². The third-order valence-corrected chi connectivity index (χ3v) is 3.32. The molecule has 0 aliphatic carbocycles. The van der Waals surface area contributed by atoms with Crippen LogP contribution in [0.1, 0.15) is 25.0 Å². The summed E-state index contributed by atoms with van der Waals surface area (Å²) in [5.74, 6) is 1.14. The van der Waals surface area contributed by atoms with E-state index in [4.69, 9.17) is 9.47 Å². The molecular weight excluding hydrogens is 290 g/mol. The van der Waals surface area contributed by atoms with Crippen LogP contribution in [-0.4, -0.2) is 18.6 Å². The maximum absolute atomic E-state index is 12.4. The topological polar surface area (TPSA) is 47.6 Å². The molecule has 0 bridgehead atoms. The average Bonchev–Trinajstić information content (AvgIpc) is 2.48. The lowest BCUT2D eigenvalue weighted by Gasteiger charge is -2.17. The highest BCUT2D eigenvalue weighted by Gasteiger charge is 2.16. The van der Waals surface area contributed by atoms with E-state index in [0.717, 1.165) is 11.1 Å². The highest BCUT2D eigenvalue weighted by Crippen LogP contribution is 2.24. The van der Waals surface area contributed by atoms with Crippen molar-refractivity contribution in [1.29, 1.82) is 0 Å². The molecule has 0 saturated heterocycles. The molecule has 1 N–H and O–H groups in total. The van der Waals surface area contributed by atoms with Gasteiger partial charge in [0.2, 0.25) is 0 Å². The third kappa shape index (κ3) is 4.74. The summed E-state index contributed by atoms with van der Waals surface area (Å²) in [5, 5.41) is 2.86. The number of ether oxygens (including phenoxy) is 2. The van der Waals surface area contributed by atoms with Gasteiger partial charge in [-0.15, -0.1) is 0 Å². The molecule has 2 rings (SSSR count). The fraction of sp³-hybridized carbons (Fsp3) is 0.316. The van der Waals surface area contributed by atoms with Gasteiger partial charge >= 0.3 is 0 Å². The molecule has 0 aromatic heterocycles. The molecule has 4 nitrogen and oxygen atoms in total. The molecular formula is C19H23NO3. The van der Waals surface area contributed by atoms with Crippen molar-refractivity contribution in [3.8, 4) is 11.5 Å². The number of rotatable bonds is 6. The Morgan fingerprint density at radius 2 is 1.78 bits per heavy atom. The molecule has 0 spiro atoms. The number of amides is 1. The van der Waals surface area contributed by atoms with Gasteiger partial charge in [-0.3, -0.25) is 4.79 Å². The van der Waals surface area contributed by atoms with E-state index < -0.39 is 6.10 Å². The second kappa shape index (κ2) is 7.68. The predicted octanol–water partition coefficient (Wildman–Crippen LogP) is 4.11. The van der Waals surface area contributed by atoms with Crippen LogP contribution in [0.25, 0.3) is 0 Å². The maximum Gasteiger partial charge on any atom is 0.265 e. The van der Waals surface area contributed by atoms with E-state index in [0.29, 0.717) is 23.8 Å². The van der Waals surface area contributed by atoms with Gasteiger partial charge in [-0.2, -0.15) is 0 Å². The average molecular weight is 313 g/mol. The van der Waals surface area contributed by atoms with Crippen molar-refractivity contribution >= 4 is 11.6 Å². The van der Waals surface area contributed by atoms with Gasteiger partial charge in [0.1, 0.15) is 11.5 Å². The Bertz CT molecular complexity index is 662. The van der Waals surface area contributed by atoms with E-state index in [1.807, 2.05) is 57.2 Å². The van der Waals surface area contributed by atoms with Crippen molar-refractivity contribution in [3.05, 3.63) is 53.6 Å². The largest absolute Gasteiger partial charge is 0.492 e. The highest BCUT2D eigenvalue weighted by molar-refractivity contribution is 5.95. The van der Waals surface area contributed by atoms with Crippen LogP contribution in [0.2, 0.25) is 0 Å². The molecule has 0 aliphatic heterocycles. The Hall–Kier alpha value is -2.49. The van der Waals surface area contributed by atoms with Gasteiger partial charge in [-0.05, 0) is 63.1 Å². The van der Waals surface area contributed by atoms with E-state index in [1.165, 1.54) is 0 Å².